The van der Waals surface area contributed by atoms with E-state index in [0.29, 0.717) is 0 Å². The van der Waals surface area contributed by atoms with Gasteiger partial charge in [0.05, 0.1) is 0 Å². The molecule has 0 heterocycles. The largest absolute Gasteiger partial charge is 0.508 e. The molecule has 0 aliphatic heterocycles. The summed E-state index contributed by atoms with van der Waals surface area (Å²) in [6, 6.07) is 5.85. The Kier molecular flexibility index (Phi) is 9.08. The molecular formula is C13H20O3. The molecule has 1 aromatic carbocycles. The van der Waals surface area contributed by atoms with Crippen molar-refractivity contribution in [2.45, 2.75) is 39.0 Å². The van der Waals surface area contributed by atoms with Gasteiger partial charge in [-0.2, -0.15) is 0 Å². The summed E-state index contributed by atoms with van der Waals surface area (Å²) >= 11 is 0. The summed E-state index contributed by atoms with van der Waals surface area (Å²) in [5.74, 6) is 0.176. The monoisotopic (exact) mass is 224 g/mol. The zero-order valence-corrected chi connectivity index (χ0v) is 9.72. The number of unbranched alkanes of at least 4 members (excludes halogenated alkanes) is 4. The summed E-state index contributed by atoms with van der Waals surface area (Å²) in [6.07, 6.45) is 6.56. The predicted octanol–water partition coefficient (Wildman–Crippen LogP) is 3.25. The van der Waals surface area contributed by atoms with Gasteiger partial charge in [0.15, 0.2) is 0 Å². The molecule has 0 unspecified atom stereocenters. The number of carbonyl (C=O) groups excluding carboxylic acids is 1. The first-order valence-corrected chi connectivity index (χ1v) is 5.62. The number of phenols is 2. The highest BCUT2D eigenvalue weighted by molar-refractivity contribution is 5.48. The van der Waals surface area contributed by atoms with E-state index < -0.39 is 0 Å². The lowest BCUT2D eigenvalue weighted by molar-refractivity contribution is -0.107. The SMILES string of the molecule is CCCCCCC=O.Oc1cccc(O)c1. The molecule has 0 saturated carbocycles. The molecule has 0 aromatic heterocycles. The Labute approximate surface area is 96.7 Å². The van der Waals surface area contributed by atoms with Gasteiger partial charge < -0.3 is 15.0 Å². The van der Waals surface area contributed by atoms with Crippen LogP contribution >= 0.6 is 0 Å². The zero-order chi connectivity index (χ0) is 12.2. The molecule has 0 saturated heterocycles. The Morgan fingerprint density at radius 2 is 1.75 bits per heavy atom. The maximum absolute atomic E-state index is 9.77. The molecule has 0 amide bonds. The second-order valence-electron chi connectivity index (χ2n) is 3.54. The molecule has 0 radical (unpaired) electrons. The fraction of sp³-hybridized carbons (Fsp3) is 0.462. The van der Waals surface area contributed by atoms with Crippen molar-refractivity contribution in [2.24, 2.45) is 0 Å². The number of hydrogen-bond donors (Lipinski definition) is 2. The van der Waals surface area contributed by atoms with Crippen molar-refractivity contribution in [1.82, 2.24) is 0 Å². The number of benzene rings is 1. The minimum absolute atomic E-state index is 0.0880. The van der Waals surface area contributed by atoms with Crippen LogP contribution in [0.3, 0.4) is 0 Å². The van der Waals surface area contributed by atoms with Gasteiger partial charge in [-0.3, -0.25) is 0 Å². The van der Waals surface area contributed by atoms with E-state index in [0.717, 1.165) is 19.1 Å². The summed E-state index contributed by atoms with van der Waals surface area (Å²) in [5.41, 5.74) is 0. The van der Waals surface area contributed by atoms with Crippen LogP contribution in [0.15, 0.2) is 24.3 Å². The number of phenolic OH excluding ortho intramolecular Hbond substituents is 2. The van der Waals surface area contributed by atoms with Gasteiger partial charge in [-0.15, -0.1) is 0 Å². The minimum atomic E-state index is 0.0880. The van der Waals surface area contributed by atoms with E-state index in [1.165, 1.54) is 37.5 Å². The van der Waals surface area contributed by atoms with Crippen molar-refractivity contribution in [3.8, 4) is 11.5 Å². The van der Waals surface area contributed by atoms with Crippen LogP contribution in [-0.2, 0) is 4.79 Å². The molecule has 0 aliphatic carbocycles. The smallest absolute Gasteiger partial charge is 0.119 e. The van der Waals surface area contributed by atoms with Crippen LogP contribution in [0.5, 0.6) is 11.5 Å². The van der Waals surface area contributed by atoms with Crippen molar-refractivity contribution < 1.29 is 15.0 Å². The number of rotatable bonds is 5. The zero-order valence-electron chi connectivity index (χ0n) is 9.72. The average molecular weight is 224 g/mol. The molecule has 0 spiro atoms. The molecule has 0 atom stereocenters. The predicted molar refractivity (Wildman–Crippen MR) is 64.6 cm³/mol. The Bertz CT molecular complexity index is 267. The van der Waals surface area contributed by atoms with Crippen molar-refractivity contribution in [1.29, 1.82) is 0 Å². The van der Waals surface area contributed by atoms with Crippen LogP contribution in [0.1, 0.15) is 39.0 Å². The fourth-order valence-electron chi connectivity index (χ4n) is 1.15. The molecule has 1 aromatic rings. The first-order valence-electron chi connectivity index (χ1n) is 5.62. The van der Waals surface area contributed by atoms with E-state index in [-0.39, 0.29) is 11.5 Å². The standard InChI is InChI=1S/C7H14O.C6H6O2/c1-2-3-4-5-6-7-8;7-5-2-1-3-6(8)4-5/h7H,2-6H2,1H3;1-4,7-8H. The van der Waals surface area contributed by atoms with E-state index in [9.17, 15) is 4.79 Å². The molecule has 90 valence electrons. The van der Waals surface area contributed by atoms with Crippen LogP contribution in [0.2, 0.25) is 0 Å². The molecule has 3 heteroatoms. The molecule has 2 N–H and O–H groups in total. The summed E-state index contributed by atoms with van der Waals surface area (Å²) in [4.78, 5) is 9.77. The third kappa shape index (κ3) is 9.06. The maximum Gasteiger partial charge on any atom is 0.119 e. The van der Waals surface area contributed by atoms with E-state index >= 15 is 0 Å². The summed E-state index contributed by atoms with van der Waals surface area (Å²) < 4.78 is 0. The van der Waals surface area contributed by atoms with E-state index in [2.05, 4.69) is 6.92 Å². The van der Waals surface area contributed by atoms with Gasteiger partial charge in [0.25, 0.3) is 0 Å². The number of aromatic hydroxyl groups is 2. The van der Waals surface area contributed by atoms with E-state index in [4.69, 9.17) is 10.2 Å². The highest BCUT2D eigenvalue weighted by Crippen LogP contribution is 2.14. The normalized spacial score (nSPS) is 9.06. The maximum atomic E-state index is 9.77. The van der Waals surface area contributed by atoms with Gasteiger partial charge in [-0.05, 0) is 18.6 Å². The number of hydrogen-bond acceptors (Lipinski definition) is 3. The second-order valence-corrected chi connectivity index (χ2v) is 3.54. The van der Waals surface area contributed by atoms with Crippen molar-refractivity contribution in [3.05, 3.63) is 24.3 Å². The minimum Gasteiger partial charge on any atom is -0.508 e. The summed E-state index contributed by atoms with van der Waals surface area (Å²) in [7, 11) is 0. The van der Waals surface area contributed by atoms with Crippen molar-refractivity contribution in [3.63, 3.8) is 0 Å². The Morgan fingerprint density at radius 3 is 2.12 bits per heavy atom. The molecular weight excluding hydrogens is 204 g/mol. The van der Waals surface area contributed by atoms with Crippen molar-refractivity contribution in [2.75, 3.05) is 0 Å². The molecule has 3 nitrogen and oxygen atoms in total. The van der Waals surface area contributed by atoms with Gasteiger partial charge >= 0.3 is 0 Å². The lowest BCUT2D eigenvalue weighted by Gasteiger charge is -1.90. The van der Waals surface area contributed by atoms with Gasteiger partial charge in [0.2, 0.25) is 0 Å². The molecule has 0 bridgehead atoms. The Balaban J connectivity index is 0.000000281. The highest BCUT2D eigenvalue weighted by Gasteiger charge is 1.85. The molecule has 0 fully saturated rings. The Hall–Kier alpha value is -1.51. The lowest BCUT2D eigenvalue weighted by Crippen LogP contribution is -1.76. The summed E-state index contributed by atoms with van der Waals surface area (Å²) in [5, 5.41) is 17.3. The quantitative estimate of drug-likeness (QED) is 0.596. The van der Waals surface area contributed by atoms with Gasteiger partial charge in [0.1, 0.15) is 17.8 Å². The van der Waals surface area contributed by atoms with Crippen LogP contribution < -0.4 is 0 Å². The Morgan fingerprint density at radius 1 is 1.12 bits per heavy atom. The van der Waals surface area contributed by atoms with Crippen LogP contribution in [0.4, 0.5) is 0 Å². The topological polar surface area (TPSA) is 57.5 Å². The number of carbonyl (C=O) groups is 1. The first-order chi connectivity index (χ1) is 7.70. The van der Waals surface area contributed by atoms with Gasteiger partial charge in [0, 0.05) is 12.5 Å². The van der Waals surface area contributed by atoms with Gasteiger partial charge in [-0.1, -0.05) is 32.3 Å². The lowest BCUT2D eigenvalue weighted by atomic mass is 10.2. The van der Waals surface area contributed by atoms with Crippen LogP contribution in [0, 0.1) is 0 Å². The van der Waals surface area contributed by atoms with Gasteiger partial charge in [-0.25, -0.2) is 0 Å². The van der Waals surface area contributed by atoms with Crippen molar-refractivity contribution >= 4 is 6.29 Å². The second kappa shape index (κ2) is 10.0. The molecule has 0 aliphatic rings. The van der Waals surface area contributed by atoms with E-state index in [1.54, 1.807) is 6.07 Å². The molecule has 16 heavy (non-hydrogen) atoms. The molecule has 1 rings (SSSR count). The third-order valence-electron chi connectivity index (χ3n) is 2.01. The fourth-order valence-corrected chi connectivity index (χ4v) is 1.15. The first kappa shape index (κ1) is 14.5. The van der Waals surface area contributed by atoms with Crippen LogP contribution in [0.25, 0.3) is 0 Å². The van der Waals surface area contributed by atoms with E-state index in [1.807, 2.05) is 0 Å². The third-order valence-corrected chi connectivity index (χ3v) is 2.01. The highest BCUT2D eigenvalue weighted by atomic mass is 16.3. The number of aldehydes is 1. The average Bonchev–Trinajstić information content (AvgIpc) is 2.25. The van der Waals surface area contributed by atoms with Crippen LogP contribution in [-0.4, -0.2) is 16.5 Å². The summed E-state index contributed by atoms with van der Waals surface area (Å²) in [6.45, 7) is 2.17.